The number of rotatable bonds is 2. The Morgan fingerprint density at radius 2 is 1.78 bits per heavy atom. The number of carboxylic acid groups (broad SMARTS) is 1. The second-order valence-electron chi connectivity index (χ2n) is 9.84. The van der Waals surface area contributed by atoms with E-state index in [1.54, 1.807) is 0 Å². The van der Waals surface area contributed by atoms with Crippen LogP contribution in [0.1, 0.15) is 79.1 Å². The van der Waals surface area contributed by atoms with Crippen LogP contribution in [0.4, 0.5) is 0 Å². The highest BCUT2D eigenvalue weighted by molar-refractivity contribution is 5.67. The van der Waals surface area contributed by atoms with Crippen molar-refractivity contribution in [3.8, 4) is 0 Å². The van der Waals surface area contributed by atoms with E-state index in [4.69, 9.17) is 0 Å². The Morgan fingerprint density at radius 3 is 2.43 bits per heavy atom. The van der Waals surface area contributed by atoms with Gasteiger partial charge in [0.05, 0.1) is 6.42 Å². The van der Waals surface area contributed by atoms with Gasteiger partial charge in [-0.3, -0.25) is 4.79 Å². The molecule has 1 N–H and O–H groups in total. The fourth-order valence-electron chi connectivity index (χ4n) is 7.29. The Bertz CT molecular complexity index is 520. The van der Waals surface area contributed by atoms with E-state index in [-0.39, 0.29) is 17.8 Å². The first-order valence-electron chi connectivity index (χ1n) is 9.51. The van der Waals surface area contributed by atoms with Gasteiger partial charge in [-0.1, -0.05) is 46.3 Å². The van der Waals surface area contributed by atoms with E-state index in [1.807, 2.05) is 0 Å². The van der Waals surface area contributed by atoms with E-state index in [9.17, 15) is 9.90 Å². The summed E-state index contributed by atoms with van der Waals surface area (Å²) < 4.78 is 0. The van der Waals surface area contributed by atoms with E-state index in [0.717, 1.165) is 12.3 Å². The molecule has 3 aliphatic rings. The molecule has 0 aliphatic heterocycles. The predicted octanol–water partition coefficient (Wildman–Crippen LogP) is 5.68. The highest BCUT2D eigenvalue weighted by Crippen LogP contribution is 2.69. The van der Waals surface area contributed by atoms with Crippen molar-refractivity contribution in [2.45, 2.75) is 79.1 Å². The van der Waals surface area contributed by atoms with Crippen LogP contribution in [0.5, 0.6) is 0 Å². The van der Waals surface area contributed by atoms with Crippen LogP contribution in [-0.2, 0) is 4.79 Å². The minimum Gasteiger partial charge on any atom is -0.481 e. The van der Waals surface area contributed by atoms with E-state index >= 15 is 0 Å². The molecule has 0 unspecified atom stereocenters. The van der Waals surface area contributed by atoms with Crippen LogP contribution in [0.3, 0.4) is 0 Å². The van der Waals surface area contributed by atoms with Gasteiger partial charge < -0.3 is 5.11 Å². The minimum atomic E-state index is -0.658. The van der Waals surface area contributed by atoms with E-state index < -0.39 is 5.97 Å². The molecule has 5 atom stereocenters. The summed E-state index contributed by atoms with van der Waals surface area (Å²) >= 11 is 0. The number of carbonyl (C=O) groups is 1. The number of hydrogen-bond acceptors (Lipinski definition) is 1. The summed E-state index contributed by atoms with van der Waals surface area (Å²) in [4.78, 5) is 11.5. The van der Waals surface area contributed by atoms with Gasteiger partial charge in [-0.05, 0) is 72.5 Å². The third-order valence-corrected chi connectivity index (χ3v) is 8.26. The van der Waals surface area contributed by atoms with Gasteiger partial charge in [0.2, 0.25) is 0 Å². The van der Waals surface area contributed by atoms with Gasteiger partial charge in [0.1, 0.15) is 0 Å². The first-order chi connectivity index (χ1) is 10.6. The van der Waals surface area contributed by atoms with Crippen LogP contribution in [0, 0.1) is 34.0 Å². The summed E-state index contributed by atoms with van der Waals surface area (Å²) in [6.45, 7) is 14.1. The standard InChI is InChI=1S/C21H34O2/c1-14-7-8-17-20(4,15(14)13-18(22)23)12-9-16-19(2,3)10-6-11-21(16,17)5/h15-17H,1,6-13H2,2-5H3,(H,22,23)/t15-,16+,17+,20+,21-/m0/s1. The average Bonchev–Trinajstić information content (AvgIpc) is 2.41. The molecular formula is C21H34O2. The first kappa shape index (κ1) is 17.0. The molecule has 0 heterocycles. The van der Waals surface area contributed by atoms with Gasteiger partial charge in [0.15, 0.2) is 0 Å². The molecule has 0 bridgehead atoms. The molecule has 0 saturated heterocycles. The van der Waals surface area contributed by atoms with Crippen LogP contribution < -0.4 is 0 Å². The molecule has 2 nitrogen and oxygen atoms in total. The molecular weight excluding hydrogens is 284 g/mol. The Hall–Kier alpha value is -0.790. The average molecular weight is 319 g/mol. The summed E-state index contributed by atoms with van der Waals surface area (Å²) in [5.74, 6) is 0.956. The van der Waals surface area contributed by atoms with Gasteiger partial charge in [0, 0.05) is 0 Å². The topological polar surface area (TPSA) is 37.3 Å². The SMILES string of the molecule is C=C1CC[C@@H]2[C@](C)(CC[C@@H]3C(C)(C)CCC[C@]23C)[C@H]1CC(=O)O. The smallest absolute Gasteiger partial charge is 0.303 e. The lowest BCUT2D eigenvalue weighted by Gasteiger charge is -2.66. The fraction of sp³-hybridized carbons (Fsp3) is 0.857. The van der Waals surface area contributed by atoms with Gasteiger partial charge in [0.25, 0.3) is 0 Å². The lowest BCUT2D eigenvalue weighted by atomic mass is 9.39. The second-order valence-corrected chi connectivity index (χ2v) is 9.84. The second kappa shape index (κ2) is 5.36. The lowest BCUT2D eigenvalue weighted by molar-refractivity contribution is -0.160. The summed E-state index contributed by atoms with van der Waals surface area (Å²) in [7, 11) is 0. The van der Waals surface area contributed by atoms with Crippen LogP contribution in [0.25, 0.3) is 0 Å². The van der Waals surface area contributed by atoms with Crippen molar-refractivity contribution >= 4 is 5.97 Å². The highest BCUT2D eigenvalue weighted by atomic mass is 16.4. The van der Waals surface area contributed by atoms with Crippen LogP contribution in [0.2, 0.25) is 0 Å². The fourth-order valence-corrected chi connectivity index (χ4v) is 7.29. The molecule has 0 aromatic carbocycles. The Balaban J connectivity index is 1.99. The third-order valence-electron chi connectivity index (χ3n) is 8.26. The lowest BCUT2D eigenvalue weighted by Crippen LogP contribution is -2.58. The third kappa shape index (κ3) is 2.48. The molecule has 0 amide bonds. The molecule has 0 aromatic rings. The maximum Gasteiger partial charge on any atom is 0.303 e. The van der Waals surface area contributed by atoms with Gasteiger partial charge in [-0.25, -0.2) is 0 Å². The monoisotopic (exact) mass is 318 g/mol. The Labute approximate surface area is 141 Å². The molecule has 2 heteroatoms. The van der Waals surface area contributed by atoms with Crippen molar-refractivity contribution < 1.29 is 9.90 Å². The zero-order chi connectivity index (χ0) is 17.0. The van der Waals surface area contributed by atoms with Crippen LogP contribution in [-0.4, -0.2) is 11.1 Å². The molecule has 0 radical (unpaired) electrons. The number of fused-ring (bicyclic) bond motifs is 3. The summed E-state index contributed by atoms with van der Waals surface area (Å²) in [6, 6.07) is 0. The number of aliphatic carboxylic acids is 1. The summed E-state index contributed by atoms with van der Waals surface area (Å²) in [5.41, 5.74) is 2.15. The van der Waals surface area contributed by atoms with Gasteiger partial charge >= 0.3 is 5.97 Å². The molecule has 3 rings (SSSR count). The minimum absolute atomic E-state index is 0.131. The van der Waals surface area contributed by atoms with E-state index in [1.165, 1.54) is 44.1 Å². The molecule has 0 aromatic heterocycles. The van der Waals surface area contributed by atoms with Gasteiger partial charge in [-0.15, -0.1) is 0 Å². The zero-order valence-corrected chi connectivity index (χ0v) is 15.5. The zero-order valence-electron chi connectivity index (χ0n) is 15.5. The van der Waals surface area contributed by atoms with Crippen LogP contribution >= 0.6 is 0 Å². The van der Waals surface area contributed by atoms with E-state index in [0.29, 0.717) is 16.7 Å². The van der Waals surface area contributed by atoms with Crippen molar-refractivity contribution in [3.05, 3.63) is 12.2 Å². The summed E-state index contributed by atoms with van der Waals surface area (Å²) in [5, 5.41) is 9.43. The van der Waals surface area contributed by atoms with Crippen molar-refractivity contribution in [2.24, 2.45) is 34.0 Å². The van der Waals surface area contributed by atoms with Crippen molar-refractivity contribution in [3.63, 3.8) is 0 Å². The number of hydrogen-bond donors (Lipinski definition) is 1. The summed E-state index contributed by atoms with van der Waals surface area (Å²) in [6.07, 6.45) is 8.97. The Kier molecular flexibility index (Phi) is 3.97. The predicted molar refractivity (Wildman–Crippen MR) is 94.2 cm³/mol. The Morgan fingerprint density at radius 1 is 1.09 bits per heavy atom. The molecule has 3 fully saturated rings. The molecule has 3 saturated carbocycles. The molecule has 23 heavy (non-hydrogen) atoms. The molecule has 0 spiro atoms. The number of carboxylic acids is 1. The van der Waals surface area contributed by atoms with Crippen LogP contribution in [0.15, 0.2) is 12.2 Å². The molecule has 130 valence electrons. The normalized spacial score (nSPS) is 45.9. The highest BCUT2D eigenvalue weighted by Gasteiger charge is 2.61. The van der Waals surface area contributed by atoms with E-state index in [2.05, 4.69) is 34.3 Å². The largest absolute Gasteiger partial charge is 0.481 e. The first-order valence-corrected chi connectivity index (χ1v) is 9.51. The maximum absolute atomic E-state index is 11.5. The van der Waals surface area contributed by atoms with Crippen molar-refractivity contribution in [1.82, 2.24) is 0 Å². The van der Waals surface area contributed by atoms with Crippen molar-refractivity contribution in [2.75, 3.05) is 0 Å². The van der Waals surface area contributed by atoms with Crippen molar-refractivity contribution in [1.29, 1.82) is 0 Å². The number of allylic oxidation sites excluding steroid dienone is 1. The molecule has 3 aliphatic carbocycles. The quantitative estimate of drug-likeness (QED) is 0.665. The maximum atomic E-state index is 11.5. The van der Waals surface area contributed by atoms with Gasteiger partial charge in [-0.2, -0.15) is 0 Å².